The van der Waals surface area contributed by atoms with E-state index in [1.807, 2.05) is 6.92 Å². The average Bonchev–Trinajstić information content (AvgIpc) is 2.58. The molecule has 0 spiro atoms. The van der Waals surface area contributed by atoms with Crippen molar-refractivity contribution in [2.45, 2.75) is 39.7 Å². The summed E-state index contributed by atoms with van der Waals surface area (Å²) < 4.78 is 41.5. The number of fused-ring (bicyclic) bond motifs is 1. The molecule has 0 saturated carbocycles. The molecule has 1 aliphatic rings. The molecule has 5 heteroatoms. The van der Waals surface area contributed by atoms with Gasteiger partial charge >= 0.3 is 0 Å². The molecule has 1 aliphatic heterocycles. The highest BCUT2D eigenvalue weighted by atomic mass is 19.1. The second-order valence-corrected chi connectivity index (χ2v) is 7.38. The van der Waals surface area contributed by atoms with Gasteiger partial charge in [0.05, 0.1) is 11.2 Å². The Morgan fingerprint density at radius 3 is 2.48 bits per heavy atom. The summed E-state index contributed by atoms with van der Waals surface area (Å²) in [6.07, 6.45) is 4.40. The van der Waals surface area contributed by atoms with E-state index in [2.05, 4.69) is 36.7 Å². The van der Waals surface area contributed by atoms with Crippen molar-refractivity contribution in [3.05, 3.63) is 65.0 Å². The molecule has 0 radical (unpaired) electrons. The van der Waals surface area contributed by atoms with Crippen LogP contribution in [0.3, 0.4) is 0 Å². The minimum Gasteiger partial charge on any atom is -0.362 e. The first-order valence-corrected chi connectivity index (χ1v) is 9.03. The molecular formula is C22H23F3N2. The highest BCUT2D eigenvalue weighted by molar-refractivity contribution is 5.89. The van der Waals surface area contributed by atoms with Gasteiger partial charge in [-0.15, -0.1) is 0 Å². The first-order chi connectivity index (χ1) is 12.7. The minimum absolute atomic E-state index is 0.0328. The zero-order valence-electron chi connectivity index (χ0n) is 16.0. The highest BCUT2D eigenvalue weighted by Gasteiger charge is 2.31. The van der Waals surface area contributed by atoms with Crippen molar-refractivity contribution in [2.24, 2.45) is 4.99 Å². The fraction of sp³-hybridized carbons (Fsp3) is 0.318. The van der Waals surface area contributed by atoms with Crippen molar-refractivity contribution >= 4 is 23.2 Å². The van der Waals surface area contributed by atoms with E-state index >= 15 is 0 Å². The van der Waals surface area contributed by atoms with E-state index in [-0.39, 0.29) is 16.8 Å². The zero-order chi connectivity index (χ0) is 19.8. The molecule has 0 unspecified atom stereocenters. The minimum atomic E-state index is -0.781. The number of allylic oxidation sites excluding steroid dienone is 1. The van der Waals surface area contributed by atoms with Gasteiger partial charge in [-0.05, 0) is 57.0 Å². The third kappa shape index (κ3) is 3.77. The lowest BCUT2D eigenvalue weighted by atomic mass is 9.87. The molecular weight excluding hydrogens is 349 g/mol. The molecule has 2 nitrogen and oxygen atoms in total. The fourth-order valence-corrected chi connectivity index (χ4v) is 3.57. The lowest BCUT2D eigenvalue weighted by molar-refractivity contribution is 0.546. The van der Waals surface area contributed by atoms with Crippen molar-refractivity contribution in [2.75, 3.05) is 11.4 Å². The average molecular weight is 372 g/mol. The van der Waals surface area contributed by atoms with E-state index in [4.69, 9.17) is 0 Å². The summed E-state index contributed by atoms with van der Waals surface area (Å²) in [5.74, 6) is -1.88. The van der Waals surface area contributed by atoms with Crippen molar-refractivity contribution in [3.63, 3.8) is 0 Å². The van der Waals surface area contributed by atoms with Crippen LogP contribution in [0.2, 0.25) is 0 Å². The van der Waals surface area contributed by atoms with Gasteiger partial charge in [0.1, 0.15) is 11.6 Å². The van der Waals surface area contributed by atoms with Gasteiger partial charge in [-0.25, -0.2) is 13.2 Å². The molecule has 0 amide bonds. The maximum atomic E-state index is 14.7. The van der Waals surface area contributed by atoms with E-state index < -0.39 is 17.5 Å². The number of rotatable bonds is 4. The van der Waals surface area contributed by atoms with Gasteiger partial charge in [0.15, 0.2) is 5.82 Å². The first-order valence-electron chi connectivity index (χ1n) is 9.03. The number of benzene rings is 2. The van der Waals surface area contributed by atoms with Gasteiger partial charge in [0.25, 0.3) is 0 Å². The van der Waals surface area contributed by atoms with Crippen LogP contribution >= 0.6 is 0 Å². The summed E-state index contributed by atoms with van der Waals surface area (Å²) in [5.41, 5.74) is 2.88. The van der Waals surface area contributed by atoms with Crippen molar-refractivity contribution in [1.29, 1.82) is 0 Å². The highest BCUT2D eigenvalue weighted by Crippen LogP contribution is 2.40. The molecule has 0 fully saturated rings. The van der Waals surface area contributed by atoms with E-state index in [9.17, 15) is 13.2 Å². The summed E-state index contributed by atoms with van der Waals surface area (Å²) in [4.78, 5) is 6.19. The van der Waals surface area contributed by atoms with Gasteiger partial charge in [-0.3, -0.25) is 4.99 Å². The van der Waals surface area contributed by atoms with Crippen LogP contribution in [0.15, 0.2) is 41.4 Å². The normalized spacial score (nSPS) is 15.8. The van der Waals surface area contributed by atoms with Crippen LogP contribution in [0.4, 0.5) is 24.5 Å². The molecule has 1 heterocycles. The van der Waals surface area contributed by atoms with Crippen molar-refractivity contribution < 1.29 is 13.2 Å². The quantitative estimate of drug-likeness (QED) is 0.578. The Hall–Kier alpha value is -2.56. The third-order valence-electron chi connectivity index (χ3n) is 4.80. The maximum absolute atomic E-state index is 14.7. The second-order valence-electron chi connectivity index (χ2n) is 7.38. The lowest BCUT2D eigenvalue weighted by Crippen LogP contribution is -2.45. The standard InChI is InChI=1S/C22H23F3N2/c1-5-8-27-21-11-18(24)15(9-17(21)14(2)12-22(27,3)4)13-26-20-7-6-16(23)10-19(20)25/h6-7,9-13H,5,8H2,1-4H3. The summed E-state index contributed by atoms with van der Waals surface area (Å²) in [5, 5.41) is 0. The van der Waals surface area contributed by atoms with Gasteiger partial charge in [-0.1, -0.05) is 13.0 Å². The van der Waals surface area contributed by atoms with Gasteiger partial charge < -0.3 is 4.90 Å². The van der Waals surface area contributed by atoms with Crippen LogP contribution in [0, 0.1) is 17.5 Å². The fourth-order valence-electron chi connectivity index (χ4n) is 3.57. The van der Waals surface area contributed by atoms with Crippen LogP contribution in [-0.4, -0.2) is 18.3 Å². The summed E-state index contributed by atoms with van der Waals surface area (Å²) >= 11 is 0. The van der Waals surface area contributed by atoms with Gasteiger partial charge in [0, 0.05) is 35.6 Å². The van der Waals surface area contributed by atoms with Gasteiger partial charge in [-0.2, -0.15) is 0 Å². The Kier molecular flexibility index (Phi) is 5.13. The second kappa shape index (κ2) is 7.22. The molecule has 0 atom stereocenters. The van der Waals surface area contributed by atoms with E-state index in [0.717, 1.165) is 41.9 Å². The van der Waals surface area contributed by atoms with Gasteiger partial charge in [0.2, 0.25) is 0 Å². The molecule has 2 aromatic carbocycles. The largest absolute Gasteiger partial charge is 0.362 e. The number of hydrogen-bond donors (Lipinski definition) is 0. The summed E-state index contributed by atoms with van der Waals surface area (Å²) in [7, 11) is 0. The van der Waals surface area contributed by atoms with Crippen LogP contribution in [0.1, 0.15) is 45.2 Å². The topological polar surface area (TPSA) is 15.6 Å². The number of halogens is 3. The molecule has 0 N–H and O–H groups in total. The number of nitrogens with zero attached hydrogens (tertiary/aromatic N) is 2. The van der Waals surface area contributed by atoms with Crippen LogP contribution in [-0.2, 0) is 0 Å². The molecule has 0 aromatic heterocycles. The van der Waals surface area contributed by atoms with Crippen molar-refractivity contribution in [3.8, 4) is 0 Å². The third-order valence-corrected chi connectivity index (χ3v) is 4.80. The smallest absolute Gasteiger partial charge is 0.151 e. The van der Waals surface area contributed by atoms with E-state index in [1.54, 1.807) is 6.07 Å². The number of hydrogen-bond acceptors (Lipinski definition) is 2. The Balaban J connectivity index is 2.03. The lowest BCUT2D eigenvalue weighted by Gasteiger charge is -2.43. The monoisotopic (exact) mass is 372 g/mol. The van der Waals surface area contributed by atoms with E-state index in [0.29, 0.717) is 0 Å². The summed E-state index contributed by atoms with van der Waals surface area (Å²) in [6, 6.07) is 6.36. The van der Waals surface area contributed by atoms with Crippen LogP contribution in [0.25, 0.3) is 5.57 Å². The predicted octanol–water partition coefficient (Wildman–Crippen LogP) is 6.27. The van der Waals surface area contributed by atoms with Crippen molar-refractivity contribution in [1.82, 2.24) is 0 Å². The number of anilines is 1. The zero-order valence-corrected chi connectivity index (χ0v) is 16.0. The maximum Gasteiger partial charge on any atom is 0.151 e. The molecule has 27 heavy (non-hydrogen) atoms. The van der Waals surface area contributed by atoms with Crippen LogP contribution in [0.5, 0.6) is 0 Å². The Morgan fingerprint density at radius 1 is 1.07 bits per heavy atom. The molecule has 0 bridgehead atoms. The molecule has 0 saturated heterocycles. The first kappa shape index (κ1) is 19.2. The Bertz CT molecular complexity index is 929. The Morgan fingerprint density at radius 2 is 1.81 bits per heavy atom. The number of aliphatic imine (C=N–C) groups is 1. The van der Waals surface area contributed by atoms with Crippen LogP contribution < -0.4 is 4.90 Å². The predicted molar refractivity (Wildman–Crippen MR) is 105 cm³/mol. The summed E-state index contributed by atoms with van der Waals surface area (Å²) in [6.45, 7) is 9.13. The SMILES string of the molecule is CCCN1c2cc(F)c(C=Nc3ccc(F)cc3F)cc2C(C)=CC1(C)C. The molecule has 0 aliphatic carbocycles. The Labute approximate surface area is 158 Å². The molecule has 2 aromatic rings. The molecule has 142 valence electrons. The molecule has 3 rings (SSSR count). The van der Waals surface area contributed by atoms with E-state index in [1.165, 1.54) is 18.3 Å².